The molecule has 1 atom stereocenters. The molecule has 0 amide bonds. The Morgan fingerprint density at radius 2 is 2.14 bits per heavy atom. The minimum Gasteiger partial charge on any atom is -0.379 e. The van der Waals surface area contributed by atoms with Gasteiger partial charge in [-0.25, -0.2) is 4.98 Å². The summed E-state index contributed by atoms with van der Waals surface area (Å²) in [6, 6.07) is 5.75. The van der Waals surface area contributed by atoms with Crippen molar-refractivity contribution in [1.82, 2.24) is 9.88 Å². The highest BCUT2D eigenvalue weighted by Gasteiger charge is 2.24. The third kappa shape index (κ3) is 3.70. The molecule has 1 unspecified atom stereocenters. The van der Waals surface area contributed by atoms with Gasteiger partial charge in [-0.05, 0) is 30.9 Å². The summed E-state index contributed by atoms with van der Waals surface area (Å²) >= 11 is 5.97. The number of morpholine rings is 1. The van der Waals surface area contributed by atoms with Crippen LogP contribution in [0.4, 0.5) is 5.82 Å². The van der Waals surface area contributed by atoms with Crippen LogP contribution in [0.1, 0.15) is 18.5 Å². The van der Waals surface area contributed by atoms with Crippen LogP contribution in [0.3, 0.4) is 0 Å². The first kappa shape index (κ1) is 15.5. The van der Waals surface area contributed by atoms with Crippen LogP contribution < -0.4 is 4.90 Å². The zero-order valence-corrected chi connectivity index (χ0v) is 13.4. The summed E-state index contributed by atoms with van der Waals surface area (Å²) in [7, 11) is 0. The highest BCUT2D eigenvalue weighted by atomic mass is 35.5. The molecule has 0 radical (unpaired) electrons. The number of ether oxygens (including phenoxy) is 1. The van der Waals surface area contributed by atoms with Gasteiger partial charge in [0.25, 0.3) is 0 Å². The maximum absolute atomic E-state index is 9.08. The van der Waals surface area contributed by atoms with Gasteiger partial charge in [-0.2, -0.15) is 5.26 Å². The van der Waals surface area contributed by atoms with Crippen molar-refractivity contribution >= 4 is 17.4 Å². The van der Waals surface area contributed by atoms with Gasteiger partial charge < -0.3 is 9.64 Å². The van der Waals surface area contributed by atoms with E-state index in [9.17, 15) is 0 Å². The van der Waals surface area contributed by atoms with Gasteiger partial charge in [0.15, 0.2) is 5.69 Å². The zero-order chi connectivity index (χ0) is 15.4. The molecule has 2 saturated heterocycles. The lowest BCUT2D eigenvalue weighted by Crippen LogP contribution is -2.44. The number of hydrogen-bond acceptors (Lipinski definition) is 5. The SMILES string of the molecule is N#Cc1nc(N2CCCC(CN3CCOCC3)C2)ccc1Cl. The highest BCUT2D eigenvalue weighted by molar-refractivity contribution is 6.31. The molecule has 3 rings (SSSR count). The fourth-order valence-corrected chi connectivity index (χ4v) is 3.40. The zero-order valence-electron chi connectivity index (χ0n) is 12.7. The van der Waals surface area contributed by atoms with Crippen LogP contribution in [0.2, 0.25) is 5.02 Å². The minimum absolute atomic E-state index is 0.314. The number of pyridine rings is 1. The van der Waals surface area contributed by atoms with E-state index in [1.807, 2.05) is 6.07 Å². The van der Waals surface area contributed by atoms with Crippen LogP contribution in [-0.2, 0) is 4.74 Å². The predicted molar refractivity (Wildman–Crippen MR) is 86.2 cm³/mol. The number of hydrogen-bond donors (Lipinski definition) is 0. The van der Waals surface area contributed by atoms with Crippen LogP contribution in [0.5, 0.6) is 0 Å². The molecule has 0 spiro atoms. The van der Waals surface area contributed by atoms with Crippen molar-refractivity contribution in [2.45, 2.75) is 12.8 Å². The average molecular weight is 321 g/mol. The normalized spacial score (nSPS) is 23.3. The van der Waals surface area contributed by atoms with Crippen LogP contribution in [0.25, 0.3) is 0 Å². The maximum Gasteiger partial charge on any atom is 0.161 e. The second kappa shape index (κ2) is 7.28. The van der Waals surface area contributed by atoms with Gasteiger partial charge >= 0.3 is 0 Å². The summed E-state index contributed by atoms with van der Waals surface area (Å²) in [4.78, 5) is 9.17. The summed E-state index contributed by atoms with van der Waals surface area (Å²) in [5, 5.41) is 9.50. The first-order valence-corrected chi connectivity index (χ1v) is 8.26. The topological polar surface area (TPSA) is 52.4 Å². The molecule has 2 aliphatic heterocycles. The Hall–Kier alpha value is -1.35. The molecule has 0 saturated carbocycles. The van der Waals surface area contributed by atoms with E-state index >= 15 is 0 Å². The molecule has 0 bridgehead atoms. The van der Waals surface area contributed by atoms with E-state index in [2.05, 4.69) is 20.9 Å². The molecule has 0 N–H and O–H groups in total. The number of nitriles is 1. The molecule has 1 aromatic heterocycles. The van der Waals surface area contributed by atoms with Gasteiger partial charge in [0.2, 0.25) is 0 Å². The van der Waals surface area contributed by atoms with Gasteiger partial charge in [0.1, 0.15) is 11.9 Å². The van der Waals surface area contributed by atoms with Crippen molar-refractivity contribution in [3.8, 4) is 6.07 Å². The number of nitrogens with zero attached hydrogens (tertiary/aromatic N) is 4. The number of piperidine rings is 1. The summed E-state index contributed by atoms with van der Waals surface area (Å²) in [5.41, 5.74) is 0.314. The van der Waals surface area contributed by atoms with Crippen molar-refractivity contribution in [3.63, 3.8) is 0 Å². The van der Waals surface area contributed by atoms with Crippen LogP contribution in [-0.4, -0.2) is 55.8 Å². The van der Waals surface area contributed by atoms with E-state index < -0.39 is 0 Å². The predicted octanol–water partition coefficient (Wildman–Crippen LogP) is 2.16. The Labute approximate surface area is 136 Å². The van der Waals surface area contributed by atoms with Gasteiger partial charge in [0, 0.05) is 32.7 Å². The summed E-state index contributed by atoms with van der Waals surface area (Å²) in [6.07, 6.45) is 2.42. The fraction of sp³-hybridized carbons (Fsp3) is 0.625. The van der Waals surface area contributed by atoms with Gasteiger partial charge in [0.05, 0.1) is 18.2 Å². The molecule has 1 aromatic rings. The molecule has 0 aliphatic carbocycles. The maximum atomic E-state index is 9.08. The van der Waals surface area contributed by atoms with Crippen molar-refractivity contribution in [3.05, 3.63) is 22.8 Å². The van der Waals surface area contributed by atoms with E-state index in [-0.39, 0.29) is 0 Å². The molecule has 0 aromatic carbocycles. The fourth-order valence-electron chi connectivity index (χ4n) is 3.26. The van der Waals surface area contributed by atoms with Gasteiger partial charge in [-0.3, -0.25) is 4.90 Å². The number of halogens is 1. The Morgan fingerprint density at radius 1 is 1.32 bits per heavy atom. The molecule has 2 aliphatic rings. The third-order valence-electron chi connectivity index (χ3n) is 4.40. The van der Waals surface area contributed by atoms with Crippen LogP contribution >= 0.6 is 11.6 Å². The van der Waals surface area contributed by atoms with Crippen LogP contribution in [0.15, 0.2) is 12.1 Å². The van der Waals surface area contributed by atoms with Crippen molar-refractivity contribution in [1.29, 1.82) is 5.26 Å². The summed E-state index contributed by atoms with van der Waals surface area (Å²) in [6.45, 7) is 6.89. The Morgan fingerprint density at radius 3 is 2.91 bits per heavy atom. The molecule has 2 fully saturated rings. The molecule has 3 heterocycles. The second-order valence-electron chi connectivity index (χ2n) is 5.98. The first-order chi connectivity index (χ1) is 10.8. The van der Waals surface area contributed by atoms with E-state index in [0.29, 0.717) is 16.6 Å². The van der Waals surface area contributed by atoms with Crippen molar-refractivity contribution < 1.29 is 4.74 Å². The average Bonchev–Trinajstić information content (AvgIpc) is 2.56. The molecular formula is C16H21ClN4O. The van der Waals surface area contributed by atoms with Crippen molar-refractivity contribution in [2.75, 3.05) is 50.8 Å². The van der Waals surface area contributed by atoms with E-state index in [4.69, 9.17) is 21.6 Å². The molecular weight excluding hydrogens is 300 g/mol. The highest BCUT2D eigenvalue weighted by Crippen LogP contribution is 2.25. The van der Waals surface area contributed by atoms with E-state index in [1.54, 1.807) is 6.07 Å². The minimum atomic E-state index is 0.314. The number of aromatic nitrogens is 1. The van der Waals surface area contributed by atoms with E-state index in [1.165, 1.54) is 12.8 Å². The number of rotatable bonds is 3. The van der Waals surface area contributed by atoms with Gasteiger partial charge in [-0.1, -0.05) is 11.6 Å². The first-order valence-electron chi connectivity index (χ1n) is 7.88. The third-order valence-corrected chi connectivity index (χ3v) is 4.71. The molecule has 6 heteroatoms. The molecule has 5 nitrogen and oxygen atoms in total. The smallest absolute Gasteiger partial charge is 0.161 e. The quantitative estimate of drug-likeness (QED) is 0.854. The Kier molecular flexibility index (Phi) is 5.14. The standard InChI is InChI=1S/C16H21ClN4O/c17-14-3-4-16(19-15(14)10-18)21-5-1-2-13(12-21)11-20-6-8-22-9-7-20/h3-4,13H,1-2,5-9,11-12H2. The monoisotopic (exact) mass is 320 g/mol. The van der Waals surface area contributed by atoms with Gasteiger partial charge in [-0.15, -0.1) is 0 Å². The van der Waals surface area contributed by atoms with Crippen LogP contribution in [0, 0.1) is 17.2 Å². The Bertz CT molecular complexity index is 554. The van der Waals surface area contributed by atoms with Crippen molar-refractivity contribution in [2.24, 2.45) is 5.92 Å². The lowest BCUT2D eigenvalue weighted by Gasteiger charge is -2.37. The lowest BCUT2D eigenvalue weighted by molar-refractivity contribution is 0.0296. The Balaban J connectivity index is 1.63. The summed E-state index contributed by atoms with van der Waals surface area (Å²) in [5.74, 6) is 1.52. The van der Waals surface area contributed by atoms with E-state index in [0.717, 1.165) is 51.8 Å². The second-order valence-corrected chi connectivity index (χ2v) is 6.39. The number of anilines is 1. The molecule has 22 heavy (non-hydrogen) atoms. The lowest BCUT2D eigenvalue weighted by atomic mass is 9.97. The molecule has 118 valence electrons. The summed E-state index contributed by atoms with van der Waals surface area (Å²) < 4.78 is 5.41. The largest absolute Gasteiger partial charge is 0.379 e.